The fourth-order valence-electron chi connectivity index (χ4n) is 1.63. The molecule has 0 spiro atoms. The maximum atomic E-state index is 10.6. The first-order valence-electron chi connectivity index (χ1n) is 6.44. The second kappa shape index (κ2) is 9.34. The molecule has 0 aliphatic rings. The van der Waals surface area contributed by atoms with Crippen LogP contribution in [0.15, 0.2) is 18.2 Å². The van der Waals surface area contributed by atoms with E-state index in [0.29, 0.717) is 0 Å². The average molecular weight is 476 g/mol. The molecule has 0 bridgehead atoms. The number of aromatic carboxylic acids is 3. The van der Waals surface area contributed by atoms with Crippen LogP contribution in [0.3, 0.4) is 0 Å². The summed E-state index contributed by atoms with van der Waals surface area (Å²) in [7, 11) is 0. The molecule has 0 saturated heterocycles. The van der Waals surface area contributed by atoms with E-state index in [1.807, 2.05) is 0 Å². The highest BCUT2D eigenvalue weighted by Crippen LogP contribution is 2.47. The minimum Gasteiger partial charge on any atom is -0.505 e. The Bertz CT molecular complexity index is 838. The number of hydrogen-bond acceptors (Lipinski definition) is 4. The van der Waals surface area contributed by atoms with Crippen molar-refractivity contribution in [1.82, 2.24) is 0 Å². The van der Waals surface area contributed by atoms with E-state index in [9.17, 15) is 19.5 Å². The molecule has 144 valence electrons. The molecule has 0 heterocycles. The number of phenols is 1. The summed E-state index contributed by atoms with van der Waals surface area (Å²) >= 11 is 27.9. The molecule has 0 unspecified atom stereocenters. The van der Waals surface area contributed by atoms with Crippen molar-refractivity contribution >= 4 is 75.9 Å². The Morgan fingerprint density at radius 3 is 1.41 bits per heavy atom. The van der Waals surface area contributed by atoms with E-state index in [2.05, 4.69) is 0 Å². The second-order valence-corrected chi connectivity index (χ2v) is 6.48. The third-order valence-corrected chi connectivity index (χ3v) is 5.17. The standard InChI is InChI=1S/C9H6O6.C6HCl5O/c10-7(11)4-1-2-5(8(12)13)6(3-4)9(14)15;7-1-2(8)4(10)6(12)5(11)3(1)9/h1-3H,(H,10,11)(H,12,13)(H,14,15);12H. The molecule has 0 aromatic heterocycles. The normalized spacial score (nSPS) is 9.96. The first-order valence-corrected chi connectivity index (χ1v) is 8.33. The lowest BCUT2D eigenvalue weighted by atomic mass is 10.0. The van der Waals surface area contributed by atoms with E-state index in [0.717, 1.165) is 18.2 Å². The highest BCUT2D eigenvalue weighted by Gasteiger charge is 2.19. The monoisotopic (exact) mass is 474 g/mol. The van der Waals surface area contributed by atoms with Crippen molar-refractivity contribution in [1.29, 1.82) is 0 Å². The van der Waals surface area contributed by atoms with Crippen molar-refractivity contribution in [3.8, 4) is 5.75 Å². The molecule has 0 saturated carbocycles. The molecule has 0 aliphatic heterocycles. The molecular weight excluding hydrogens is 469 g/mol. The van der Waals surface area contributed by atoms with Gasteiger partial charge in [-0.15, -0.1) is 0 Å². The Morgan fingerprint density at radius 2 is 1.04 bits per heavy atom. The average Bonchev–Trinajstić information content (AvgIpc) is 2.63. The highest BCUT2D eigenvalue weighted by molar-refractivity contribution is 6.55. The third kappa shape index (κ3) is 5.31. The highest BCUT2D eigenvalue weighted by atomic mass is 35.5. The molecule has 0 amide bonds. The molecule has 4 N–H and O–H groups in total. The maximum Gasteiger partial charge on any atom is 0.336 e. The lowest BCUT2D eigenvalue weighted by Crippen LogP contribution is -2.10. The van der Waals surface area contributed by atoms with Crippen molar-refractivity contribution in [2.24, 2.45) is 0 Å². The fourth-order valence-corrected chi connectivity index (χ4v) is 2.76. The van der Waals surface area contributed by atoms with Crippen LogP contribution in [0, 0.1) is 0 Å². The summed E-state index contributed by atoms with van der Waals surface area (Å²) in [6.07, 6.45) is 0. The van der Waals surface area contributed by atoms with Crippen LogP contribution < -0.4 is 0 Å². The number of phenolic OH excluding ortho intramolecular Hbond substituents is 1. The van der Waals surface area contributed by atoms with Crippen LogP contribution in [0.4, 0.5) is 0 Å². The number of aromatic hydroxyl groups is 1. The minimum atomic E-state index is -1.48. The van der Waals surface area contributed by atoms with Crippen LogP contribution in [0.5, 0.6) is 5.75 Å². The van der Waals surface area contributed by atoms with Gasteiger partial charge in [0.05, 0.1) is 31.8 Å². The lowest BCUT2D eigenvalue weighted by Gasteiger charge is -2.06. The van der Waals surface area contributed by atoms with E-state index >= 15 is 0 Å². The molecular formula is C15H7Cl5O7. The van der Waals surface area contributed by atoms with Gasteiger partial charge in [-0.25, -0.2) is 14.4 Å². The van der Waals surface area contributed by atoms with Gasteiger partial charge in [-0.2, -0.15) is 0 Å². The van der Waals surface area contributed by atoms with Crippen molar-refractivity contribution in [3.05, 3.63) is 60.0 Å². The van der Waals surface area contributed by atoms with Gasteiger partial charge in [0.15, 0.2) is 5.75 Å². The van der Waals surface area contributed by atoms with Crippen LogP contribution in [-0.2, 0) is 0 Å². The fraction of sp³-hybridized carbons (Fsp3) is 0. The van der Waals surface area contributed by atoms with Gasteiger partial charge in [-0.3, -0.25) is 0 Å². The predicted octanol–water partition coefficient (Wildman–Crippen LogP) is 5.44. The predicted molar refractivity (Wildman–Crippen MR) is 100 cm³/mol. The van der Waals surface area contributed by atoms with Crippen LogP contribution in [-0.4, -0.2) is 38.3 Å². The molecule has 0 aliphatic carbocycles. The van der Waals surface area contributed by atoms with Crippen LogP contribution in [0.25, 0.3) is 0 Å². The van der Waals surface area contributed by atoms with Crippen molar-refractivity contribution in [2.45, 2.75) is 0 Å². The molecule has 12 heteroatoms. The number of halogens is 5. The summed E-state index contributed by atoms with van der Waals surface area (Å²) in [6.45, 7) is 0. The van der Waals surface area contributed by atoms with Gasteiger partial charge in [0.1, 0.15) is 10.0 Å². The van der Waals surface area contributed by atoms with E-state index in [-0.39, 0.29) is 36.4 Å². The van der Waals surface area contributed by atoms with Gasteiger partial charge in [0, 0.05) is 0 Å². The molecule has 0 atom stereocenters. The lowest BCUT2D eigenvalue weighted by molar-refractivity contribution is 0.0649. The van der Waals surface area contributed by atoms with Gasteiger partial charge in [-0.1, -0.05) is 58.0 Å². The largest absolute Gasteiger partial charge is 0.505 e. The number of rotatable bonds is 3. The van der Waals surface area contributed by atoms with Gasteiger partial charge < -0.3 is 20.4 Å². The molecule has 2 rings (SSSR count). The molecule has 0 fully saturated rings. The van der Waals surface area contributed by atoms with Gasteiger partial charge >= 0.3 is 17.9 Å². The molecule has 2 aromatic carbocycles. The zero-order valence-electron chi connectivity index (χ0n) is 12.6. The SMILES string of the molecule is O=C(O)c1ccc(C(=O)O)c(C(=O)O)c1.Oc1c(Cl)c(Cl)c(Cl)c(Cl)c1Cl. The quantitative estimate of drug-likeness (QED) is 0.342. The molecule has 7 nitrogen and oxygen atoms in total. The second-order valence-electron chi connectivity index (χ2n) is 4.59. The Kier molecular flexibility index (Phi) is 8.01. The summed E-state index contributed by atoms with van der Waals surface area (Å²) in [5.41, 5.74) is -1.24. The van der Waals surface area contributed by atoms with Gasteiger partial charge in [0.2, 0.25) is 0 Å². The van der Waals surface area contributed by atoms with Gasteiger partial charge in [-0.05, 0) is 18.2 Å². The minimum absolute atomic E-state index is 0.00904. The van der Waals surface area contributed by atoms with Crippen LogP contribution >= 0.6 is 58.0 Å². The zero-order valence-corrected chi connectivity index (χ0v) is 16.4. The zero-order chi connectivity index (χ0) is 21.0. The van der Waals surface area contributed by atoms with E-state index in [1.54, 1.807) is 0 Å². The number of carbonyl (C=O) groups is 3. The Labute approximate surface area is 176 Å². The summed E-state index contributed by atoms with van der Waals surface area (Å²) in [5, 5.41) is 34.9. The summed E-state index contributed by atoms with van der Waals surface area (Å²) in [4.78, 5) is 31.8. The Hall–Kier alpha value is -1.90. The first-order chi connectivity index (χ1) is 12.4. The smallest absolute Gasteiger partial charge is 0.336 e. The van der Waals surface area contributed by atoms with Crippen molar-refractivity contribution < 1.29 is 34.8 Å². The molecule has 0 radical (unpaired) electrons. The van der Waals surface area contributed by atoms with Crippen LogP contribution in [0.1, 0.15) is 31.1 Å². The first kappa shape index (κ1) is 23.1. The van der Waals surface area contributed by atoms with E-state index < -0.39 is 29.0 Å². The molecule has 2 aromatic rings. The Balaban J connectivity index is 0.000000277. The maximum absolute atomic E-state index is 10.6. The number of benzene rings is 2. The number of carboxylic acids is 3. The number of hydrogen-bond donors (Lipinski definition) is 4. The summed E-state index contributed by atoms with van der Waals surface area (Å²) in [6, 6.07) is 2.81. The van der Waals surface area contributed by atoms with E-state index in [4.69, 9.17) is 73.3 Å². The third-order valence-electron chi connectivity index (χ3n) is 2.91. The van der Waals surface area contributed by atoms with Crippen LogP contribution in [0.2, 0.25) is 25.1 Å². The summed E-state index contributed by atoms with van der Waals surface area (Å²) in [5.74, 6) is -4.56. The van der Waals surface area contributed by atoms with E-state index in [1.165, 1.54) is 0 Å². The van der Waals surface area contributed by atoms with Crippen molar-refractivity contribution in [2.75, 3.05) is 0 Å². The van der Waals surface area contributed by atoms with Crippen molar-refractivity contribution in [3.63, 3.8) is 0 Å². The number of carboxylic acid groups (broad SMARTS) is 3. The summed E-state index contributed by atoms with van der Waals surface area (Å²) < 4.78 is 0. The molecule has 27 heavy (non-hydrogen) atoms. The topological polar surface area (TPSA) is 132 Å². The van der Waals surface area contributed by atoms with Gasteiger partial charge in [0.25, 0.3) is 0 Å². The Morgan fingerprint density at radius 1 is 0.630 bits per heavy atom.